The second-order valence-electron chi connectivity index (χ2n) is 9.36. The molecule has 5 aliphatic carbocycles. The predicted molar refractivity (Wildman–Crippen MR) is 84.8 cm³/mol. The lowest BCUT2D eigenvalue weighted by molar-refractivity contribution is -0.113. The summed E-state index contributed by atoms with van der Waals surface area (Å²) in [7, 11) is 0. The van der Waals surface area contributed by atoms with Gasteiger partial charge in [0.05, 0.1) is 0 Å². The summed E-state index contributed by atoms with van der Waals surface area (Å²) in [5.74, 6) is 2.23. The van der Waals surface area contributed by atoms with E-state index in [1.54, 1.807) is 0 Å². The molecule has 114 valence electrons. The molecule has 1 N–H and O–H groups in total. The van der Waals surface area contributed by atoms with E-state index in [4.69, 9.17) is 17.3 Å². The van der Waals surface area contributed by atoms with Gasteiger partial charge in [-0.2, -0.15) is 5.10 Å². The molecule has 5 saturated carbocycles. The Morgan fingerprint density at radius 1 is 1.10 bits per heavy atom. The SMILES string of the molecule is CC12CC3CC(C)(C1)CC(c1n[nH]c(=S)n1C1CC1)(C3)C2. The number of nitrogens with one attached hydrogen (secondary N) is 1. The molecule has 0 amide bonds. The molecule has 21 heavy (non-hydrogen) atoms. The summed E-state index contributed by atoms with van der Waals surface area (Å²) in [5, 5.41) is 7.90. The molecule has 2 atom stereocenters. The van der Waals surface area contributed by atoms with E-state index in [1.807, 2.05) is 0 Å². The fourth-order valence-electron chi connectivity index (χ4n) is 7.05. The van der Waals surface area contributed by atoms with Gasteiger partial charge in [0.15, 0.2) is 4.77 Å². The third kappa shape index (κ3) is 1.71. The Labute approximate surface area is 131 Å². The average Bonchev–Trinajstić information content (AvgIpc) is 3.07. The van der Waals surface area contributed by atoms with Gasteiger partial charge in [-0.3, -0.25) is 5.10 Å². The van der Waals surface area contributed by atoms with Gasteiger partial charge in [-0.25, -0.2) is 0 Å². The van der Waals surface area contributed by atoms with Crippen molar-refractivity contribution in [2.75, 3.05) is 0 Å². The highest BCUT2D eigenvalue weighted by atomic mass is 32.1. The van der Waals surface area contributed by atoms with Gasteiger partial charge in [-0.05, 0) is 80.3 Å². The molecule has 1 aromatic heterocycles. The van der Waals surface area contributed by atoms with Crippen LogP contribution >= 0.6 is 12.2 Å². The van der Waals surface area contributed by atoms with E-state index in [-0.39, 0.29) is 0 Å². The first-order valence-corrected chi connectivity index (χ1v) is 8.99. The molecule has 3 nitrogen and oxygen atoms in total. The zero-order valence-electron chi connectivity index (χ0n) is 13.1. The van der Waals surface area contributed by atoms with Crippen molar-refractivity contribution < 1.29 is 0 Å². The van der Waals surface area contributed by atoms with Crippen molar-refractivity contribution in [3.05, 3.63) is 10.6 Å². The van der Waals surface area contributed by atoms with E-state index in [1.165, 1.54) is 57.2 Å². The topological polar surface area (TPSA) is 33.6 Å². The zero-order valence-corrected chi connectivity index (χ0v) is 13.9. The van der Waals surface area contributed by atoms with Crippen molar-refractivity contribution in [2.24, 2.45) is 16.7 Å². The first-order chi connectivity index (χ1) is 9.91. The van der Waals surface area contributed by atoms with Crippen LogP contribution in [-0.4, -0.2) is 14.8 Å². The highest BCUT2D eigenvalue weighted by Crippen LogP contribution is 2.69. The highest BCUT2D eigenvalue weighted by Gasteiger charge is 2.62. The first-order valence-electron chi connectivity index (χ1n) is 8.58. The number of aromatic nitrogens is 3. The molecule has 0 saturated heterocycles. The van der Waals surface area contributed by atoms with Crippen molar-refractivity contribution in [3.8, 4) is 0 Å². The summed E-state index contributed by atoms with van der Waals surface area (Å²) < 4.78 is 3.26. The predicted octanol–water partition coefficient (Wildman–Crippen LogP) is 4.52. The van der Waals surface area contributed by atoms with Crippen molar-refractivity contribution >= 4 is 12.2 Å². The summed E-state index contributed by atoms with van der Waals surface area (Å²) in [4.78, 5) is 0. The molecule has 5 fully saturated rings. The third-order valence-electron chi connectivity index (χ3n) is 6.72. The number of aromatic amines is 1. The highest BCUT2D eigenvalue weighted by molar-refractivity contribution is 7.71. The molecular formula is C17H25N3S. The average molecular weight is 303 g/mol. The molecule has 4 bridgehead atoms. The van der Waals surface area contributed by atoms with Crippen LogP contribution in [0.4, 0.5) is 0 Å². The molecule has 0 aliphatic heterocycles. The molecule has 5 aliphatic rings. The standard InChI is InChI=1S/C17H25N3S/c1-15-5-11-6-16(2,8-15)10-17(7-11,9-15)13-18-19-14(21)20(13)12-3-4-12/h11-12H,3-10H2,1-2H3,(H,19,21). The van der Waals surface area contributed by atoms with Crippen LogP contribution in [0.5, 0.6) is 0 Å². The fourth-order valence-corrected chi connectivity index (χ4v) is 7.33. The number of nitrogens with zero attached hydrogens (tertiary/aromatic N) is 2. The number of hydrogen-bond acceptors (Lipinski definition) is 2. The lowest BCUT2D eigenvalue weighted by atomic mass is 9.40. The van der Waals surface area contributed by atoms with Crippen LogP contribution in [-0.2, 0) is 5.41 Å². The zero-order chi connectivity index (χ0) is 14.5. The Morgan fingerprint density at radius 2 is 1.76 bits per heavy atom. The van der Waals surface area contributed by atoms with Gasteiger partial charge in [0, 0.05) is 11.5 Å². The Balaban J connectivity index is 1.67. The molecule has 1 aromatic rings. The van der Waals surface area contributed by atoms with Gasteiger partial charge < -0.3 is 4.57 Å². The van der Waals surface area contributed by atoms with Gasteiger partial charge >= 0.3 is 0 Å². The minimum absolute atomic E-state index is 0.305. The van der Waals surface area contributed by atoms with Crippen molar-refractivity contribution in [3.63, 3.8) is 0 Å². The molecular weight excluding hydrogens is 278 g/mol. The Morgan fingerprint density at radius 3 is 2.33 bits per heavy atom. The maximum atomic E-state index is 5.54. The van der Waals surface area contributed by atoms with Crippen LogP contribution in [0.25, 0.3) is 0 Å². The maximum Gasteiger partial charge on any atom is 0.195 e. The minimum atomic E-state index is 0.305. The van der Waals surface area contributed by atoms with E-state index in [2.05, 4.69) is 23.5 Å². The van der Waals surface area contributed by atoms with Crippen molar-refractivity contribution in [1.29, 1.82) is 0 Å². The van der Waals surface area contributed by atoms with Crippen molar-refractivity contribution in [1.82, 2.24) is 14.8 Å². The summed E-state index contributed by atoms with van der Waals surface area (Å²) >= 11 is 5.54. The molecule has 1 heterocycles. The van der Waals surface area contributed by atoms with Crippen LogP contribution in [0.2, 0.25) is 0 Å². The van der Waals surface area contributed by atoms with Crippen molar-refractivity contribution in [2.45, 2.75) is 76.7 Å². The van der Waals surface area contributed by atoms with Gasteiger partial charge in [0.2, 0.25) is 0 Å². The summed E-state index contributed by atoms with van der Waals surface area (Å²) in [6, 6.07) is 0.639. The molecule has 6 rings (SSSR count). The van der Waals surface area contributed by atoms with Gasteiger partial charge in [-0.15, -0.1) is 0 Å². The van der Waals surface area contributed by atoms with E-state index >= 15 is 0 Å². The lowest BCUT2D eigenvalue weighted by Gasteiger charge is -2.65. The Bertz CT molecular complexity index is 650. The normalized spacial score (nSPS) is 48.0. The molecule has 0 aromatic carbocycles. The second kappa shape index (κ2) is 3.64. The smallest absolute Gasteiger partial charge is 0.195 e. The second-order valence-corrected chi connectivity index (χ2v) is 9.75. The number of H-pyrrole nitrogens is 1. The summed E-state index contributed by atoms with van der Waals surface area (Å²) in [5.41, 5.74) is 1.38. The van der Waals surface area contributed by atoms with Crippen LogP contribution in [0.15, 0.2) is 0 Å². The third-order valence-corrected chi connectivity index (χ3v) is 7.01. The summed E-state index contributed by atoms with van der Waals surface area (Å²) in [6.07, 6.45) is 10.9. The summed E-state index contributed by atoms with van der Waals surface area (Å²) in [6.45, 7) is 5.07. The lowest BCUT2D eigenvalue weighted by Crippen LogP contribution is -2.57. The van der Waals surface area contributed by atoms with Gasteiger partial charge in [0.25, 0.3) is 0 Å². The monoisotopic (exact) mass is 303 g/mol. The van der Waals surface area contributed by atoms with Crippen LogP contribution in [0.3, 0.4) is 0 Å². The molecule has 2 unspecified atom stereocenters. The fraction of sp³-hybridized carbons (Fsp3) is 0.882. The largest absolute Gasteiger partial charge is 0.301 e. The molecule has 0 radical (unpaired) electrons. The molecule has 0 spiro atoms. The van der Waals surface area contributed by atoms with E-state index < -0.39 is 0 Å². The van der Waals surface area contributed by atoms with Gasteiger partial charge in [-0.1, -0.05) is 13.8 Å². The minimum Gasteiger partial charge on any atom is -0.301 e. The van der Waals surface area contributed by atoms with E-state index in [0.29, 0.717) is 22.3 Å². The maximum absolute atomic E-state index is 5.54. The Hall–Kier alpha value is -0.640. The van der Waals surface area contributed by atoms with Crippen LogP contribution in [0, 0.1) is 21.5 Å². The van der Waals surface area contributed by atoms with E-state index in [0.717, 1.165) is 10.7 Å². The first kappa shape index (κ1) is 12.9. The Kier molecular flexibility index (Phi) is 2.23. The van der Waals surface area contributed by atoms with Crippen LogP contribution in [0.1, 0.15) is 77.1 Å². The van der Waals surface area contributed by atoms with Gasteiger partial charge in [0.1, 0.15) is 5.82 Å². The number of hydrogen-bond donors (Lipinski definition) is 1. The molecule has 4 heteroatoms. The quantitative estimate of drug-likeness (QED) is 0.815. The van der Waals surface area contributed by atoms with E-state index in [9.17, 15) is 0 Å². The van der Waals surface area contributed by atoms with Crippen LogP contribution < -0.4 is 0 Å². The number of rotatable bonds is 2.